The summed E-state index contributed by atoms with van der Waals surface area (Å²) in [4.78, 5) is 37.7. The summed E-state index contributed by atoms with van der Waals surface area (Å²) in [7, 11) is 1.43. The number of carbonyl (C=O) groups is 2. The molecule has 0 radical (unpaired) electrons. The van der Waals surface area contributed by atoms with Crippen LogP contribution in [-0.2, 0) is 9.53 Å². The van der Waals surface area contributed by atoms with E-state index in [0.717, 1.165) is 0 Å². The quantitative estimate of drug-likeness (QED) is 0.695. The predicted molar refractivity (Wildman–Crippen MR) is 80.1 cm³/mol. The van der Waals surface area contributed by atoms with Gasteiger partial charge in [-0.2, -0.15) is 0 Å². The van der Waals surface area contributed by atoms with Crippen LogP contribution in [-0.4, -0.2) is 41.7 Å². The highest BCUT2D eigenvalue weighted by Gasteiger charge is 2.22. The number of pyridine rings is 1. The Morgan fingerprint density at radius 1 is 1.39 bits per heavy atom. The maximum atomic E-state index is 12.1. The second kappa shape index (κ2) is 7.41. The Morgan fingerprint density at radius 2 is 2.17 bits per heavy atom. The molecule has 0 aliphatic heterocycles. The molecule has 23 heavy (non-hydrogen) atoms. The molecule has 1 atom stereocenters. The number of ether oxygens (including phenoxy) is 1. The van der Waals surface area contributed by atoms with E-state index < -0.39 is 23.5 Å². The SMILES string of the molecule is COCCC(NC(=O)c1ccc(-c2ccco2)[nH]c1=O)C(=O)O. The fourth-order valence-corrected chi connectivity index (χ4v) is 1.96. The average molecular weight is 320 g/mol. The van der Waals surface area contributed by atoms with Crippen LogP contribution in [0, 0.1) is 0 Å². The van der Waals surface area contributed by atoms with E-state index in [0.29, 0.717) is 11.5 Å². The van der Waals surface area contributed by atoms with Crippen molar-refractivity contribution in [2.75, 3.05) is 13.7 Å². The molecule has 1 unspecified atom stereocenters. The van der Waals surface area contributed by atoms with Crippen molar-refractivity contribution < 1.29 is 23.8 Å². The lowest BCUT2D eigenvalue weighted by Gasteiger charge is -2.13. The lowest BCUT2D eigenvalue weighted by molar-refractivity contribution is -0.139. The summed E-state index contributed by atoms with van der Waals surface area (Å²) in [5.74, 6) is -1.50. The van der Waals surface area contributed by atoms with E-state index >= 15 is 0 Å². The van der Waals surface area contributed by atoms with Gasteiger partial charge >= 0.3 is 5.97 Å². The summed E-state index contributed by atoms with van der Waals surface area (Å²) < 4.78 is 9.95. The number of carboxylic acid groups (broad SMARTS) is 1. The number of aromatic amines is 1. The highest BCUT2D eigenvalue weighted by molar-refractivity contribution is 5.96. The van der Waals surface area contributed by atoms with Crippen molar-refractivity contribution in [1.29, 1.82) is 0 Å². The highest BCUT2D eigenvalue weighted by Crippen LogP contribution is 2.15. The number of rotatable bonds is 7. The number of carbonyl (C=O) groups excluding carboxylic acids is 1. The number of aliphatic carboxylic acids is 1. The van der Waals surface area contributed by atoms with Crippen molar-refractivity contribution in [3.8, 4) is 11.5 Å². The van der Waals surface area contributed by atoms with E-state index in [1.165, 1.54) is 25.5 Å². The molecular weight excluding hydrogens is 304 g/mol. The van der Waals surface area contributed by atoms with Gasteiger partial charge < -0.3 is 24.6 Å². The molecule has 8 heteroatoms. The number of hydrogen-bond acceptors (Lipinski definition) is 5. The molecule has 1 amide bonds. The minimum atomic E-state index is -1.20. The van der Waals surface area contributed by atoms with Crippen LogP contribution in [0.5, 0.6) is 0 Å². The number of hydrogen-bond donors (Lipinski definition) is 3. The molecular formula is C15H16N2O6. The fraction of sp³-hybridized carbons (Fsp3) is 0.267. The Morgan fingerprint density at radius 3 is 2.74 bits per heavy atom. The van der Waals surface area contributed by atoms with Gasteiger partial charge in [0.1, 0.15) is 17.4 Å². The number of H-pyrrole nitrogens is 1. The number of furan rings is 1. The number of amides is 1. The van der Waals surface area contributed by atoms with Crippen LogP contribution in [0.15, 0.2) is 39.7 Å². The summed E-state index contributed by atoms with van der Waals surface area (Å²) >= 11 is 0. The Kier molecular flexibility index (Phi) is 5.32. The second-order valence-corrected chi connectivity index (χ2v) is 4.74. The van der Waals surface area contributed by atoms with Gasteiger partial charge in [-0.15, -0.1) is 0 Å². The zero-order valence-electron chi connectivity index (χ0n) is 12.4. The third kappa shape index (κ3) is 4.07. The van der Waals surface area contributed by atoms with Crippen molar-refractivity contribution in [3.63, 3.8) is 0 Å². The van der Waals surface area contributed by atoms with Crippen LogP contribution in [0.1, 0.15) is 16.8 Å². The molecule has 122 valence electrons. The van der Waals surface area contributed by atoms with E-state index in [2.05, 4.69) is 10.3 Å². The number of nitrogens with one attached hydrogen (secondary N) is 2. The van der Waals surface area contributed by atoms with Crippen molar-refractivity contribution >= 4 is 11.9 Å². The van der Waals surface area contributed by atoms with Gasteiger partial charge in [0.25, 0.3) is 11.5 Å². The number of carboxylic acids is 1. The molecule has 0 saturated carbocycles. The van der Waals surface area contributed by atoms with Crippen LogP contribution in [0.4, 0.5) is 0 Å². The van der Waals surface area contributed by atoms with Crippen LogP contribution < -0.4 is 10.9 Å². The Labute approximate surface area is 131 Å². The molecule has 0 aliphatic carbocycles. The van der Waals surface area contributed by atoms with Gasteiger partial charge in [0.05, 0.1) is 12.0 Å². The van der Waals surface area contributed by atoms with Crippen molar-refractivity contribution in [1.82, 2.24) is 10.3 Å². The van der Waals surface area contributed by atoms with E-state index in [1.807, 2.05) is 0 Å². The molecule has 2 aromatic heterocycles. The molecule has 8 nitrogen and oxygen atoms in total. The smallest absolute Gasteiger partial charge is 0.326 e. The Hall–Kier alpha value is -2.87. The van der Waals surface area contributed by atoms with E-state index in [9.17, 15) is 14.4 Å². The first kappa shape index (κ1) is 16.5. The molecule has 0 fully saturated rings. The van der Waals surface area contributed by atoms with Crippen molar-refractivity contribution in [2.45, 2.75) is 12.5 Å². The Balaban J connectivity index is 2.16. The Bertz CT molecular complexity index is 735. The van der Waals surface area contributed by atoms with Crippen LogP contribution >= 0.6 is 0 Å². The first-order valence-electron chi connectivity index (χ1n) is 6.82. The maximum absolute atomic E-state index is 12.1. The lowest BCUT2D eigenvalue weighted by atomic mass is 10.1. The summed E-state index contributed by atoms with van der Waals surface area (Å²) in [6.07, 6.45) is 1.56. The van der Waals surface area contributed by atoms with Crippen LogP contribution in [0.2, 0.25) is 0 Å². The number of aromatic nitrogens is 1. The van der Waals surface area contributed by atoms with E-state index in [4.69, 9.17) is 14.3 Å². The topological polar surface area (TPSA) is 122 Å². The second-order valence-electron chi connectivity index (χ2n) is 4.74. The molecule has 0 aromatic carbocycles. The minimum absolute atomic E-state index is 0.0972. The molecule has 0 spiro atoms. The zero-order chi connectivity index (χ0) is 16.8. The average Bonchev–Trinajstić information content (AvgIpc) is 3.05. The predicted octanol–water partition coefficient (Wildman–Crippen LogP) is 0.854. The third-order valence-corrected chi connectivity index (χ3v) is 3.15. The zero-order valence-corrected chi connectivity index (χ0v) is 12.4. The molecule has 0 aliphatic rings. The van der Waals surface area contributed by atoms with Gasteiger partial charge in [-0.1, -0.05) is 0 Å². The highest BCUT2D eigenvalue weighted by atomic mass is 16.5. The molecule has 3 N–H and O–H groups in total. The van der Waals surface area contributed by atoms with Gasteiger partial charge in [0.2, 0.25) is 0 Å². The standard InChI is InChI=1S/C15H16N2O6/c1-22-8-6-11(15(20)21)17-14(19)9-4-5-10(16-13(9)18)12-3-2-7-23-12/h2-5,7,11H,6,8H2,1H3,(H,16,18)(H,17,19)(H,20,21). The van der Waals surface area contributed by atoms with Gasteiger partial charge in [-0.05, 0) is 24.3 Å². The lowest BCUT2D eigenvalue weighted by Crippen LogP contribution is -2.43. The molecule has 2 rings (SSSR count). The van der Waals surface area contributed by atoms with Gasteiger partial charge in [0, 0.05) is 20.1 Å². The third-order valence-electron chi connectivity index (χ3n) is 3.15. The van der Waals surface area contributed by atoms with E-state index in [1.54, 1.807) is 12.1 Å². The maximum Gasteiger partial charge on any atom is 0.326 e. The molecule has 2 heterocycles. The minimum Gasteiger partial charge on any atom is -0.480 e. The normalized spacial score (nSPS) is 11.9. The summed E-state index contributed by atoms with van der Waals surface area (Å²) in [5, 5.41) is 11.4. The van der Waals surface area contributed by atoms with E-state index in [-0.39, 0.29) is 18.6 Å². The fourth-order valence-electron chi connectivity index (χ4n) is 1.96. The monoisotopic (exact) mass is 320 g/mol. The van der Waals surface area contributed by atoms with Crippen LogP contribution in [0.3, 0.4) is 0 Å². The molecule has 0 bridgehead atoms. The molecule has 0 saturated heterocycles. The van der Waals surface area contributed by atoms with Gasteiger partial charge in [0.15, 0.2) is 0 Å². The number of methoxy groups -OCH3 is 1. The summed E-state index contributed by atoms with van der Waals surface area (Å²) in [6, 6.07) is 5.03. The van der Waals surface area contributed by atoms with Crippen molar-refractivity contribution in [2.24, 2.45) is 0 Å². The van der Waals surface area contributed by atoms with Crippen LogP contribution in [0.25, 0.3) is 11.5 Å². The van der Waals surface area contributed by atoms with Crippen molar-refractivity contribution in [3.05, 3.63) is 46.4 Å². The largest absolute Gasteiger partial charge is 0.480 e. The first-order valence-corrected chi connectivity index (χ1v) is 6.82. The molecule has 2 aromatic rings. The summed E-state index contributed by atoms with van der Waals surface area (Å²) in [5.41, 5.74) is -0.387. The summed E-state index contributed by atoms with van der Waals surface area (Å²) in [6.45, 7) is 0.172. The van der Waals surface area contributed by atoms with Gasteiger partial charge in [-0.25, -0.2) is 4.79 Å². The van der Waals surface area contributed by atoms with Gasteiger partial charge in [-0.3, -0.25) is 9.59 Å². The first-order chi connectivity index (χ1) is 11.0.